The SMILES string of the molecule is Cc1ccc(C(C)N(C)C(=O)c2ccc(F)c(N)c2)cc1. The molecule has 0 bridgehead atoms. The van der Waals surface area contributed by atoms with Crippen molar-refractivity contribution in [2.24, 2.45) is 0 Å². The van der Waals surface area contributed by atoms with Crippen LogP contribution in [0.15, 0.2) is 42.5 Å². The first-order valence-electron chi connectivity index (χ1n) is 6.79. The van der Waals surface area contributed by atoms with Gasteiger partial charge in [0.25, 0.3) is 5.91 Å². The monoisotopic (exact) mass is 286 g/mol. The molecule has 1 amide bonds. The van der Waals surface area contributed by atoms with Gasteiger partial charge in [-0.2, -0.15) is 0 Å². The van der Waals surface area contributed by atoms with E-state index in [-0.39, 0.29) is 17.6 Å². The minimum atomic E-state index is -0.513. The third kappa shape index (κ3) is 3.21. The van der Waals surface area contributed by atoms with Gasteiger partial charge in [-0.15, -0.1) is 0 Å². The fourth-order valence-electron chi connectivity index (χ4n) is 2.12. The Labute approximate surface area is 124 Å². The zero-order valence-corrected chi connectivity index (χ0v) is 12.4. The van der Waals surface area contributed by atoms with Crippen LogP contribution in [0.1, 0.15) is 34.5 Å². The van der Waals surface area contributed by atoms with Crippen molar-refractivity contribution in [3.63, 3.8) is 0 Å². The van der Waals surface area contributed by atoms with Gasteiger partial charge in [-0.05, 0) is 37.6 Å². The van der Waals surface area contributed by atoms with Crippen LogP contribution in [0.2, 0.25) is 0 Å². The lowest BCUT2D eigenvalue weighted by molar-refractivity contribution is 0.0742. The van der Waals surface area contributed by atoms with Crippen LogP contribution in [0, 0.1) is 12.7 Å². The summed E-state index contributed by atoms with van der Waals surface area (Å²) in [6.45, 7) is 3.97. The highest BCUT2D eigenvalue weighted by atomic mass is 19.1. The van der Waals surface area contributed by atoms with Gasteiger partial charge in [0.2, 0.25) is 0 Å². The molecule has 110 valence electrons. The summed E-state index contributed by atoms with van der Waals surface area (Å²) in [5, 5.41) is 0. The largest absolute Gasteiger partial charge is 0.396 e. The average molecular weight is 286 g/mol. The molecular formula is C17H19FN2O. The highest BCUT2D eigenvalue weighted by Crippen LogP contribution is 2.22. The van der Waals surface area contributed by atoms with Gasteiger partial charge in [-0.25, -0.2) is 4.39 Å². The fourth-order valence-corrected chi connectivity index (χ4v) is 2.12. The topological polar surface area (TPSA) is 46.3 Å². The summed E-state index contributed by atoms with van der Waals surface area (Å²) in [6.07, 6.45) is 0. The maximum Gasteiger partial charge on any atom is 0.254 e. The van der Waals surface area contributed by atoms with E-state index in [0.717, 1.165) is 5.56 Å². The van der Waals surface area contributed by atoms with E-state index < -0.39 is 5.82 Å². The van der Waals surface area contributed by atoms with E-state index in [2.05, 4.69) is 0 Å². The number of amides is 1. The van der Waals surface area contributed by atoms with Gasteiger partial charge in [-0.3, -0.25) is 4.79 Å². The molecule has 2 N–H and O–H groups in total. The van der Waals surface area contributed by atoms with E-state index in [4.69, 9.17) is 5.73 Å². The maximum atomic E-state index is 13.2. The van der Waals surface area contributed by atoms with E-state index in [1.165, 1.54) is 23.8 Å². The number of nitrogens with two attached hydrogens (primary N) is 1. The van der Waals surface area contributed by atoms with E-state index in [1.54, 1.807) is 11.9 Å². The van der Waals surface area contributed by atoms with Crippen LogP contribution in [0.5, 0.6) is 0 Å². The van der Waals surface area contributed by atoms with Crippen LogP contribution < -0.4 is 5.73 Å². The predicted octanol–water partition coefficient (Wildman–Crippen LogP) is 3.55. The zero-order chi connectivity index (χ0) is 15.6. The normalized spacial score (nSPS) is 12.0. The summed E-state index contributed by atoms with van der Waals surface area (Å²) in [4.78, 5) is 14.1. The molecule has 0 aliphatic carbocycles. The highest BCUT2D eigenvalue weighted by Gasteiger charge is 2.19. The first-order valence-corrected chi connectivity index (χ1v) is 6.79. The first-order chi connectivity index (χ1) is 9.90. The van der Waals surface area contributed by atoms with Crippen molar-refractivity contribution in [3.05, 3.63) is 65.0 Å². The Morgan fingerprint density at radius 2 is 1.81 bits per heavy atom. The van der Waals surface area contributed by atoms with E-state index in [1.807, 2.05) is 38.1 Å². The van der Waals surface area contributed by atoms with Crippen molar-refractivity contribution in [1.29, 1.82) is 0 Å². The van der Waals surface area contributed by atoms with Crippen LogP contribution >= 0.6 is 0 Å². The third-order valence-corrected chi connectivity index (χ3v) is 3.70. The smallest absolute Gasteiger partial charge is 0.254 e. The molecule has 2 aromatic carbocycles. The second-order valence-corrected chi connectivity index (χ2v) is 5.24. The number of hydrogen-bond acceptors (Lipinski definition) is 2. The summed E-state index contributed by atoms with van der Waals surface area (Å²) >= 11 is 0. The molecule has 0 radical (unpaired) electrons. The van der Waals surface area contributed by atoms with Gasteiger partial charge in [0.05, 0.1) is 11.7 Å². The molecular weight excluding hydrogens is 267 g/mol. The van der Waals surface area contributed by atoms with Gasteiger partial charge in [-0.1, -0.05) is 29.8 Å². The van der Waals surface area contributed by atoms with Gasteiger partial charge >= 0.3 is 0 Å². The van der Waals surface area contributed by atoms with Crippen LogP contribution in [0.3, 0.4) is 0 Å². The molecule has 1 unspecified atom stereocenters. The number of carbonyl (C=O) groups is 1. The number of halogens is 1. The summed E-state index contributed by atoms with van der Waals surface area (Å²) in [7, 11) is 1.73. The lowest BCUT2D eigenvalue weighted by Crippen LogP contribution is -2.29. The maximum absolute atomic E-state index is 13.2. The van der Waals surface area contributed by atoms with E-state index in [0.29, 0.717) is 5.56 Å². The second-order valence-electron chi connectivity index (χ2n) is 5.24. The van der Waals surface area contributed by atoms with E-state index >= 15 is 0 Å². The molecule has 2 rings (SSSR count). The Balaban J connectivity index is 2.21. The van der Waals surface area contributed by atoms with Gasteiger partial charge in [0, 0.05) is 12.6 Å². The Bertz CT molecular complexity index is 652. The number of rotatable bonds is 3. The second kappa shape index (κ2) is 5.95. The van der Waals surface area contributed by atoms with Crippen LogP contribution in [-0.2, 0) is 0 Å². The standard InChI is InChI=1S/C17H19FN2O/c1-11-4-6-13(7-5-11)12(2)20(3)17(21)14-8-9-15(18)16(19)10-14/h4-10,12H,19H2,1-3H3. The van der Waals surface area contributed by atoms with Crippen molar-refractivity contribution in [3.8, 4) is 0 Å². The van der Waals surface area contributed by atoms with Crippen molar-refractivity contribution in [2.75, 3.05) is 12.8 Å². The molecule has 0 aliphatic heterocycles. The quantitative estimate of drug-likeness (QED) is 0.877. The summed E-state index contributed by atoms with van der Waals surface area (Å²) in [5.41, 5.74) is 8.11. The molecule has 3 nitrogen and oxygen atoms in total. The lowest BCUT2D eigenvalue weighted by Gasteiger charge is -2.25. The van der Waals surface area contributed by atoms with Crippen LogP contribution in [0.4, 0.5) is 10.1 Å². The number of hydrogen-bond donors (Lipinski definition) is 1. The van der Waals surface area contributed by atoms with Gasteiger partial charge in [0.15, 0.2) is 0 Å². The van der Waals surface area contributed by atoms with Crippen molar-refractivity contribution in [2.45, 2.75) is 19.9 Å². The van der Waals surface area contributed by atoms with Gasteiger partial charge < -0.3 is 10.6 Å². The number of benzene rings is 2. The average Bonchev–Trinajstić information content (AvgIpc) is 2.48. The van der Waals surface area contributed by atoms with E-state index in [9.17, 15) is 9.18 Å². The molecule has 0 saturated carbocycles. The molecule has 0 spiro atoms. The molecule has 0 fully saturated rings. The summed E-state index contributed by atoms with van der Waals surface area (Å²) < 4.78 is 13.2. The minimum absolute atomic E-state index is 0.0164. The molecule has 0 aromatic heterocycles. The summed E-state index contributed by atoms with van der Waals surface area (Å²) in [6, 6.07) is 12.0. The Morgan fingerprint density at radius 1 is 1.19 bits per heavy atom. The first kappa shape index (κ1) is 15.0. The van der Waals surface area contributed by atoms with Crippen LogP contribution in [-0.4, -0.2) is 17.9 Å². The molecule has 0 saturated heterocycles. The number of nitrogen functional groups attached to an aromatic ring is 1. The number of carbonyl (C=O) groups excluding carboxylic acids is 1. The third-order valence-electron chi connectivity index (χ3n) is 3.70. The number of nitrogens with zero attached hydrogens (tertiary/aromatic N) is 1. The molecule has 0 heterocycles. The Kier molecular flexibility index (Phi) is 4.26. The molecule has 1 atom stereocenters. The van der Waals surface area contributed by atoms with Gasteiger partial charge in [0.1, 0.15) is 5.82 Å². The molecule has 4 heteroatoms. The summed E-state index contributed by atoms with van der Waals surface area (Å²) in [5.74, 6) is -0.699. The Hall–Kier alpha value is -2.36. The number of aryl methyl sites for hydroxylation is 1. The van der Waals surface area contributed by atoms with Crippen molar-refractivity contribution in [1.82, 2.24) is 4.90 Å². The molecule has 0 aliphatic rings. The lowest BCUT2D eigenvalue weighted by atomic mass is 10.0. The van der Waals surface area contributed by atoms with Crippen molar-refractivity contribution < 1.29 is 9.18 Å². The van der Waals surface area contributed by atoms with Crippen molar-refractivity contribution >= 4 is 11.6 Å². The molecule has 21 heavy (non-hydrogen) atoms. The fraction of sp³-hybridized carbons (Fsp3) is 0.235. The highest BCUT2D eigenvalue weighted by molar-refractivity contribution is 5.95. The minimum Gasteiger partial charge on any atom is -0.396 e. The zero-order valence-electron chi connectivity index (χ0n) is 12.4. The Morgan fingerprint density at radius 3 is 2.38 bits per heavy atom. The molecule has 2 aromatic rings. The van der Waals surface area contributed by atoms with Crippen LogP contribution in [0.25, 0.3) is 0 Å². The number of anilines is 1. The predicted molar refractivity (Wildman–Crippen MR) is 82.5 cm³/mol.